The average molecular weight is 401 g/mol. The number of nitrogens with two attached hydrogens (primary N) is 1. The molecule has 1 aromatic carbocycles. The van der Waals surface area contributed by atoms with Crippen molar-refractivity contribution in [2.75, 3.05) is 19.6 Å². The number of H-pyrrole nitrogens is 1. The summed E-state index contributed by atoms with van der Waals surface area (Å²) in [6.07, 6.45) is 6.36. The number of fused-ring (bicyclic) bond motifs is 1. The van der Waals surface area contributed by atoms with Gasteiger partial charge >= 0.3 is 0 Å². The molecule has 0 radical (unpaired) electrons. The molecule has 1 aliphatic rings. The van der Waals surface area contributed by atoms with Crippen molar-refractivity contribution in [2.24, 2.45) is 5.73 Å². The first-order chi connectivity index (χ1) is 11.6. The van der Waals surface area contributed by atoms with Gasteiger partial charge in [-0.15, -0.1) is 24.8 Å². The van der Waals surface area contributed by atoms with E-state index in [2.05, 4.69) is 28.2 Å². The zero-order valence-electron chi connectivity index (χ0n) is 15.2. The van der Waals surface area contributed by atoms with E-state index in [0.717, 1.165) is 36.1 Å². The van der Waals surface area contributed by atoms with E-state index in [1.165, 1.54) is 19.3 Å². The Bertz CT molecular complexity index is 685. The number of nitrogens with one attached hydrogen (secondary N) is 2. The van der Waals surface area contributed by atoms with Crippen molar-refractivity contribution >= 4 is 41.6 Å². The fraction of sp³-hybridized carbons (Fsp3) is 0.526. The fourth-order valence-corrected chi connectivity index (χ4v) is 3.55. The molecular formula is C19H30Cl2N4O. The predicted molar refractivity (Wildman–Crippen MR) is 112 cm³/mol. The minimum atomic E-state index is -0.520. The molecule has 0 bridgehead atoms. The summed E-state index contributed by atoms with van der Waals surface area (Å²) in [5.41, 5.74) is 8.32. The van der Waals surface area contributed by atoms with Crippen LogP contribution in [0, 0.1) is 0 Å². The standard InChI is InChI=1S/C19H28N4O.2ClH/c1-14(13-23-9-5-2-6-10-23)22-19(24)17(20)11-15-12-21-18-8-4-3-7-16(15)18;;/h3-4,7-8,12,14,17,21H,2,5-6,9-11,13,20H2,1H3,(H,22,24);2*1H/t14?,17-;;/m0../s1. The number of likely N-dealkylation sites (tertiary alicyclic amines) is 1. The quantitative estimate of drug-likeness (QED) is 0.697. The molecule has 146 valence electrons. The number of nitrogens with zero attached hydrogens (tertiary/aromatic N) is 1. The van der Waals surface area contributed by atoms with E-state index < -0.39 is 6.04 Å². The SMILES string of the molecule is CC(CN1CCCCC1)NC(=O)[C@@H](N)Cc1c[nH]c2ccccc12.Cl.Cl. The molecule has 7 heteroatoms. The zero-order valence-corrected chi connectivity index (χ0v) is 16.9. The maximum absolute atomic E-state index is 12.4. The summed E-state index contributed by atoms with van der Waals surface area (Å²) in [6.45, 7) is 5.25. The maximum atomic E-state index is 12.4. The van der Waals surface area contributed by atoms with Gasteiger partial charge in [0.15, 0.2) is 0 Å². The Hall–Kier alpha value is -1.27. The van der Waals surface area contributed by atoms with Gasteiger partial charge in [-0.3, -0.25) is 4.79 Å². The molecule has 5 nitrogen and oxygen atoms in total. The lowest BCUT2D eigenvalue weighted by Gasteiger charge is -2.29. The van der Waals surface area contributed by atoms with Gasteiger partial charge in [-0.25, -0.2) is 0 Å². The van der Waals surface area contributed by atoms with E-state index in [0.29, 0.717) is 6.42 Å². The number of aromatic nitrogens is 1. The van der Waals surface area contributed by atoms with Crippen molar-refractivity contribution in [3.8, 4) is 0 Å². The molecule has 0 spiro atoms. The molecule has 26 heavy (non-hydrogen) atoms. The van der Waals surface area contributed by atoms with Crippen molar-refractivity contribution in [2.45, 2.75) is 44.7 Å². The molecule has 1 fully saturated rings. The fourth-order valence-electron chi connectivity index (χ4n) is 3.55. The second kappa shape index (κ2) is 10.8. The van der Waals surface area contributed by atoms with Gasteiger partial charge in [0, 0.05) is 29.7 Å². The summed E-state index contributed by atoms with van der Waals surface area (Å²) in [5.74, 6) is -0.0650. The number of benzene rings is 1. The summed E-state index contributed by atoms with van der Waals surface area (Å²) >= 11 is 0. The van der Waals surface area contributed by atoms with E-state index in [1.807, 2.05) is 24.4 Å². The molecule has 3 rings (SSSR count). The number of hydrogen-bond acceptors (Lipinski definition) is 3. The molecular weight excluding hydrogens is 371 g/mol. The highest BCUT2D eigenvalue weighted by Gasteiger charge is 2.20. The normalized spacial score (nSPS) is 17.0. The van der Waals surface area contributed by atoms with Crippen molar-refractivity contribution in [1.29, 1.82) is 0 Å². The van der Waals surface area contributed by atoms with Crippen LogP contribution in [-0.2, 0) is 11.2 Å². The third-order valence-corrected chi connectivity index (χ3v) is 4.82. The summed E-state index contributed by atoms with van der Waals surface area (Å²) in [4.78, 5) is 18.1. The summed E-state index contributed by atoms with van der Waals surface area (Å²) < 4.78 is 0. The largest absolute Gasteiger partial charge is 0.361 e. The second-order valence-electron chi connectivity index (χ2n) is 6.94. The van der Waals surface area contributed by atoms with Crippen LogP contribution in [0.1, 0.15) is 31.7 Å². The van der Waals surface area contributed by atoms with Gasteiger partial charge in [0.05, 0.1) is 6.04 Å². The van der Waals surface area contributed by atoms with Crippen LogP contribution in [0.15, 0.2) is 30.5 Å². The monoisotopic (exact) mass is 400 g/mol. The first-order valence-electron chi connectivity index (χ1n) is 8.97. The van der Waals surface area contributed by atoms with E-state index in [4.69, 9.17) is 5.73 Å². The molecule has 1 aromatic heterocycles. The number of carbonyl (C=O) groups excluding carboxylic acids is 1. The van der Waals surface area contributed by atoms with Crippen LogP contribution < -0.4 is 11.1 Å². The number of amides is 1. The molecule has 1 unspecified atom stereocenters. The summed E-state index contributed by atoms with van der Waals surface area (Å²) in [5, 5.41) is 4.21. The minimum absolute atomic E-state index is 0. The molecule has 2 heterocycles. The highest BCUT2D eigenvalue weighted by molar-refractivity contribution is 5.86. The first kappa shape index (κ1) is 22.8. The maximum Gasteiger partial charge on any atom is 0.237 e. The minimum Gasteiger partial charge on any atom is -0.361 e. The Morgan fingerprint density at radius 2 is 1.92 bits per heavy atom. The number of carbonyl (C=O) groups is 1. The van der Waals surface area contributed by atoms with Gasteiger partial charge in [0.2, 0.25) is 5.91 Å². The third kappa shape index (κ3) is 5.88. The number of halogens is 2. The molecule has 1 aliphatic heterocycles. The lowest BCUT2D eigenvalue weighted by molar-refractivity contribution is -0.123. The van der Waals surface area contributed by atoms with Crippen LogP contribution in [0.5, 0.6) is 0 Å². The highest BCUT2D eigenvalue weighted by atomic mass is 35.5. The Morgan fingerprint density at radius 3 is 2.65 bits per heavy atom. The van der Waals surface area contributed by atoms with Crippen molar-refractivity contribution < 1.29 is 4.79 Å². The lowest BCUT2D eigenvalue weighted by Crippen LogP contribution is -2.49. The van der Waals surface area contributed by atoms with Gasteiger partial charge in [0.1, 0.15) is 0 Å². The third-order valence-electron chi connectivity index (χ3n) is 4.82. The topological polar surface area (TPSA) is 74.2 Å². The van der Waals surface area contributed by atoms with Crippen LogP contribution >= 0.6 is 24.8 Å². The Balaban J connectivity index is 0.00000169. The Kier molecular flexibility index (Phi) is 9.44. The zero-order chi connectivity index (χ0) is 16.9. The molecule has 1 amide bonds. The highest BCUT2D eigenvalue weighted by Crippen LogP contribution is 2.18. The lowest BCUT2D eigenvalue weighted by atomic mass is 10.0. The van der Waals surface area contributed by atoms with Crippen molar-refractivity contribution in [3.63, 3.8) is 0 Å². The predicted octanol–water partition coefficient (Wildman–Crippen LogP) is 2.87. The molecule has 1 saturated heterocycles. The van der Waals surface area contributed by atoms with Crippen LogP contribution in [0.25, 0.3) is 10.9 Å². The van der Waals surface area contributed by atoms with Gasteiger partial charge in [-0.2, -0.15) is 0 Å². The van der Waals surface area contributed by atoms with Crippen LogP contribution in [0.4, 0.5) is 0 Å². The van der Waals surface area contributed by atoms with E-state index in [1.54, 1.807) is 0 Å². The van der Waals surface area contributed by atoms with E-state index in [9.17, 15) is 4.79 Å². The smallest absolute Gasteiger partial charge is 0.237 e. The summed E-state index contributed by atoms with van der Waals surface area (Å²) in [6, 6.07) is 7.71. The Labute approximate surface area is 167 Å². The van der Waals surface area contributed by atoms with E-state index in [-0.39, 0.29) is 36.8 Å². The van der Waals surface area contributed by atoms with Crippen LogP contribution in [0.3, 0.4) is 0 Å². The average Bonchev–Trinajstić information content (AvgIpc) is 2.99. The number of aromatic amines is 1. The van der Waals surface area contributed by atoms with Crippen molar-refractivity contribution in [1.82, 2.24) is 15.2 Å². The van der Waals surface area contributed by atoms with Gasteiger partial charge in [-0.1, -0.05) is 24.6 Å². The second-order valence-corrected chi connectivity index (χ2v) is 6.94. The van der Waals surface area contributed by atoms with Gasteiger partial charge < -0.3 is 20.9 Å². The number of piperidine rings is 1. The Morgan fingerprint density at radius 1 is 1.23 bits per heavy atom. The van der Waals surface area contributed by atoms with Crippen molar-refractivity contribution in [3.05, 3.63) is 36.0 Å². The van der Waals surface area contributed by atoms with E-state index >= 15 is 0 Å². The van der Waals surface area contributed by atoms with Crippen LogP contribution in [0.2, 0.25) is 0 Å². The molecule has 0 saturated carbocycles. The van der Waals surface area contributed by atoms with Gasteiger partial charge in [-0.05, 0) is 50.9 Å². The first-order valence-corrected chi connectivity index (χ1v) is 8.97. The summed E-state index contributed by atoms with van der Waals surface area (Å²) in [7, 11) is 0. The molecule has 0 aliphatic carbocycles. The number of hydrogen-bond donors (Lipinski definition) is 3. The molecule has 2 aromatic rings. The number of para-hydroxylation sites is 1. The van der Waals surface area contributed by atoms with Crippen LogP contribution in [-0.4, -0.2) is 47.5 Å². The van der Waals surface area contributed by atoms with Gasteiger partial charge in [0.25, 0.3) is 0 Å². The molecule has 2 atom stereocenters. The number of rotatable bonds is 6. The molecule has 4 N–H and O–H groups in total.